The molecule has 198 valence electrons. The summed E-state index contributed by atoms with van der Waals surface area (Å²) < 4.78 is 26.4. The minimum absolute atomic E-state index is 0.273. The molecular formula is C30H32FN3O3S. The molecule has 4 rings (SSSR count). The zero-order valence-corrected chi connectivity index (χ0v) is 22.7. The Hall–Kier alpha value is -3.78. The van der Waals surface area contributed by atoms with Gasteiger partial charge in [0.25, 0.3) is 5.91 Å². The maximum Gasteiger partial charge on any atom is 0.251 e. The Kier molecular flexibility index (Phi) is 9.43. The average Bonchev–Trinajstić information content (AvgIpc) is 3.31. The normalized spacial score (nSPS) is 10.8. The molecule has 4 aromatic rings. The largest absolute Gasteiger partial charge is 0.497 e. The minimum Gasteiger partial charge on any atom is -0.497 e. The third-order valence-corrected chi connectivity index (χ3v) is 7.09. The third kappa shape index (κ3) is 6.55. The van der Waals surface area contributed by atoms with Crippen molar-refractivity contribution in [2.24, 2.45) is 0 Å². The molecule has 0 spiro atoms. The van der Waals surface area contributed by atoms with Gasteiger partial charge in [-0.05, 0) is 79.6 Å². The first-order chi connectivity index (χ1) is 18.5. The van der Waals surface area contributed by atoms with Crippen molar-refractivity contribution in [3.63, 3.8) is 0 Å². The molecular weight excluding hydrogens is 501 g/mol. The maximum absolute atomic E-state index is 13.4. The average molecular weight is 534 g/mol. The Morgan fingerprint density at radius 3 is 2.24 bits per heavy atom. The molecule has 1 aromatic heterocycles. The van der Waals surface area contributed by atoms with Crippen LogP contribution in [0, 0.1) is 5.82 Å². The molecule has 3 aromatic carbocycles. The fourth-order valence-corrected chi connectivity index (χ4v) is 5.10. The number of carbonyl (C=O) groups excluding carboxylic acids is 1. The van der Waals surface area contributed by atoms with Crippen molar-refractivity contribution < 1.29 is 18.7 Å². The van der Waals surface area contributed by atoms with Crippen molar-refractivity contribution in [3.05, 3.63) is 84.2 Å². The van der Waals surface area contributed by atoms with E-state index in [1.165, 1.54) is 18.2 Å². The zero-order chi connectivity index (χ0) is 26.9. The summed E-state index contributed by atoms with van der Waals surface area (Å²) in [5.41, 5.74) is 4.36. The van der Waals surface area contributed by atoms with Crippen LogP contribution in [0.25, 0.3) is 22.5 Å². The van der Waals surface area contributed by atoms with E-state index in [4.69, 9.17) is 14.5 Å². The predicted octanol–water partition coefficient (Wildman–Crippen LogP) is 6.70. The first-order valence-electron chi connectivity index (χ1n) is 12.6. The number of nitrogens with zero attached hydrogens (tertiary/aromatic N) is 2. The molecule has 0 saturated carbocycles. The molecule has 1 N–H and O–H groups in total. The molecule has 6 nitrogen and oxygen atoms in total. The molecule has 8 heteroatoms. The fourth-order valence-electron chi connectivity index (χ4n) is 4.13. The van der Waals surface area contributed by atoms with Gasteiger partial charge in [0.15, 0.2) is 5.16 Å². The monoisotopic (exact) mass is 533 g/mol. The number of imidazole rings is 1. The van der Waals surface area contributed by atoms with E-state index in [1.54, 1.807) is 32.0 Å². The number of rotatable bonds is 12. The SMILES string of the molecule is CCCn1c(SCCCNC(=O)c2cccc(F)c2)nc(-c2ccc(OC)cc2)c1-c1ccc(OC)cc1. The number of carbonyl (C=O) groups is 1. The molecule has 0 aliphatic carbocycles. The van der Waals surface area contributed by atoms with Crippen molar-refractivity contribution in [2.75, 3.05) is 26.5 Å². The Labute approximate surface area is 227 Å². The van der Waals surface area contributed by atoms with Gasteiger partial charge < -0.3 is 19.4 Å². The number of halogens is 1. The number of benzene rings is 3. The summed E-state index contributed by atoms with van der Waals surface area (Å²) in [6.45, 7) is 3.47. The second-order valence-electron chi connectivity index (χ2n) is 8.67. The standard InChI is InChI=1S/C30H32FN3O3S/c1-4-18-34-28(22-11-15-26(37-3)16-12-22)27(21-9-13-25(36-2)14-10-21)33-30(34)38-19-6-17-32-29(35)23-7-5-8-24(31)20-23/h5,7-16,20H,4,6,17-19H2,1-3H3,(H,32,35). The summed E-state index contributed by atoms with van der Waals surface area (Å²) in [5.74, 6) is 1.68. The number of ether oxygens (including phenoxy) is 2. The second-order valence-corrected chi connectivity index (χ2v) is 9.73. The van der Waals surface area contributed by atoms with Gasteiger partial charge >= 0.3 is 0 Å². The molecule has 38 heavy (non-hydrogen) atoms. The quantitative estimate of drug-likeness (QED) is 0.162. The van der Waals surface area contributed by atoms with Crippen LogP contribution in [0.2, 0.25) is 0 Å². The Balaban J connectivity index is 1.55. The van der Waals surface area contributed by atoms with E-state index in [0.717, 1.165) is 64.3 Å². The Bertz CT molecular complexity index is 1350. The zero-order valence-electron chi connectivity index (χ0n) is 21.9. The number of thioether (sulfide) groups is 1. The fraction of sp³-hybridized carbons (Fsp3) is 0.267. The molecule has 0 aliphatic rings. The Morgan fingerprint density at radius 2 is 1.63 bits per heavy atom. The van der Waals surface area contributed by atoms with Crippen LogP contribution >= 0.6 is 11.8 Å². The summed E-state index contributed by atoms with van der Waals surface area (Å²) in [7, 11) is 3.32. The number of hydrogen-bond acceptors (Lipinski definition) is 5. The molecule has 1 amide bonds. The van der Waals surface area contributed by atoms with E-state index in [0.29, 0.717) is 12.1 Å². The van der Waals surface area contributed by atoms with Crippen molar-refractivity contribution in [3.8, 4) is 34.0 Å². The van der Waals surface area contributed by atoms with Crippen LogP contribution in [0.3, 0.4) is 0 Å². The van der Waals surface area contributed by atoms with Crippen LogP contribution in [0.4, 0.5) is 4.39 Å². The summed E-state index contributed by atoms with van der Waals surface area (Å²) in [4.78, 5) is 17.4. The van der Waals surface area contributed by atoms with Gasteiger partial charge in [-0.1, -0.05) is 24.8 Å². The number of nitrogens with one attached hydrogen (secondary N) is 1. The summed E-state index contributed by atoms with van der Waals surface area (Å²) in [5, 5.41) is 3.80. The van der Waals surface area contributed by atoms with Crippen LogP contribution < -0.4 is 14.8 Å². The van der Waals surface area contributed by atoms with Gasteiger partial charge in [-0.25, -0.2) is 9.37 Å². The summed E-state index contributed by atoms with van der Waals surface area (Å²) in [6.07, 6.45) is 1.71. The van der Waals surface area contributed by atoms with Crippen LogP contribution in [0.5, 0.6) is 11.5 Å². The van der Waals surface area contributed by atoms with Gasteiger partial charge in [0, 0.05) is 35.5 Å². The van der Waals surface area contributed by atoms with E-state index >= 15 is 0 Å². The lowest BCUT2D eigenvalue weighted by Crippen LogP contribution is -2.24. The predicted molar refractivity (Wildman–Crippen MR) is 151 cm³/mol. The summed E-state index contributed by atoms with van der Waals surface area (Å²) in [6, 6.07) is 21.7. The van der Waals surface area contributed by atoms with Crippen molar-refractivity contribution in [1.29, 1.82) is 0 Å². The number of aromatic nitrogens is 2. The number of amides is 1. The molecule has 1 heterocycles. The van der Waals surface area contributed by atoms with E-state index in [-0.39, 0.29) is 5.91 Å². The second kappa shape index (κ2) is 13.1. The van der Waals surface area contributed by atoms with E-state index < -0.39 is 5.82 Å². The lowest BCUT2D eigenvalue weighted by Gasteiger charge is -2.13. The van der Waals surface area contributed by atoms with Crippen molar-refractivity contribution in [1.82, 2.24) is 14.9 Å². The molecule has 0 atom stereocenters. The molecule has 0 saturated heterocycles. The highest BCUT2D eigenvalue weighted by molar-refractivity contribution is 7.99. The van der Waals surface area contributed by atoms with Gasteiger partial charge in [-0.3, -0.25) is 4.79 Å². The number of hydrogen-bond donors (Lipinski definition) is 1. The molecule has 0 aliphatic heterocycles. The topological polar surface area (TPSA) is 65.4 Å². The van der Waals surface area contributed by atoms with Gasteiger partial charge in [-0.2, -0.15) is 0 Å². The maximum atomic E-state index is 13.4. The molecule has 0 fully saturated rings. The van der Waals surface area contributed by atoms with Crippen LogP contribution in [-0.4, -0.2) is 42.0 Å². The molecule has 0 radical (unpaired) electrons. The first-order valence-corrected chi connectivity index (χ1v) is 13.6. The van der Waals surface area contributed by atoms with Crippen molar-refractivity contribution in [2.45, 2.75) is 31.5 Å². The van der Waals surface area contributed by atoms with E-state index in [1.807, 2.05) is 36.4 Å². The highest BCUT2D eigenvalue weighted by atomic mass is 32.2. The van der Waals surface area contributed by atoms with Crippen molar-refractivity contribution >= 4 is 17.7 Å². The number of methoxy groups -OCH3 is 2. The highest BCUT2D eigenvalue weighted by Gasteiger charge is 2.20. The van der Waals surface area contributed by atoms with Gasteiger partial charge in [0.2, 0.25) is 0 Å². The van der Waals surface area contributed by atoms with E-state index in [2.05, 4.69) is 28.9 Å². The van der Waals surface area contributed by atoms with Gasteiger partial charge in [0.1, 0.15) is 17.3 Å². The highest BCUT2D eigenvalue weighted by Crippen LogP contribution is 2.37. The molecule has 0 bridgehead atoms. The van der Waals surface area contributed by atoms with Crippen LogP contribution in [-0.2, 0) is 6.54 Å². The third-order valence-electron chi connectivity index (χ3n) is 6.03. The summed E-state index contributed by atoms with van der Waals surface area (Å²) >= 11 is 1.67. The first kappa shape index (κ1) is 27.3. The van der Waals surface area contributed by atoms with Gasteiger partial charge in [0.05, 0.1) is 25.6 Å². The van der Waals surface area contributed by atoms with E-state index in [9.17, 15) is 9.18 Å². The Morgan fingerprint density at radius 1 is 0.974 bits per heavy atom. The van der Waals surface area contributed by atoms with Gasteiger partial charge in [-0.15, -0.1) is 0 Å². The van der Waals surface area contributed by atoms with Crippen LogP contribution in [0.1, 0.15) is 30.1 Å². The lowest BCUT2D eigenvalue weighted by molar-refractivity contribution is 0.0953. The smallest absolute Gasteiger partial charge is 0.251 e. The van der Waals surface area contributed by atoms with Crippen LogP contribution in [0.15, 0.2) is 78.0 Å². The lowest BCUT2D eigenvalue weighted by atomic mass is 10.0. The molecule has 0 unspecified atom stereocenters. The minimum atomic E-state index is -0.420.